The molecular weight excluding hydrogens is 244 g/mol. The van der Waals surface area contributed by atoms with Gasteiger partial charge in [0.2, 0.25) is 0 Å². The molecule has 4 rings (SSSR count). The topological polar surface area (TPSA) is 17.0 Å². The van der Waals surface area contributed by atoms with Crippen LogP contribution in [0.25, 0.3) is 10.9 Å². The molecule has 2 saturated carbocycles. The Balaban J connectivity index is 1.61. The molecule has 0 amide bonds. The first kappa shape index (κ1) is 12.5. The Morgan fingerprint density at radius 3 is 2.70 bits per heavy atom. The molecule has 2 aliphatic rings. The predicted molar refractivity (Wildman–Crippen MR) is 83.8 cm³/mol. The maximum atomic E-state index is 3.66. The van der Waals surface area contributed by atoms with Gasteiger partial charge < -0.3 is 9.88 Å². The molecule has 0 bridgehead atoms. The number of nitrogens with zero attached hydrogens (tertiary/aromatic N) is 1. The lowest BCUT2D eigenvalue weighted by Gasteiger charge is -2.14. The third-order valence-electron chi connectivity index (χ3n) is 4.96. The molecule has 2 aliphatic carbocycles. The lowest BCUT2D eigenvalue weighted by Crippen LogP contribution is -2.16. The predicted octanol–water partition coefficient (Wildman–Crippen LogP) is 4.08. The third kappa shape index (κ3) is 2.49. The van der Waals surface area contributed by atoms with Crippen LogP contribution in [0.3, 0.4) is 0 Å². The number of fused-ring (bicyclic) bond motifs is 1. The van der Waals surface area contributed by atoms with E-state index in [1.54, 1.807) is 0 Å². The van der Waals surface area contributed by atoms with E-state index < -0.39 is 0 Å². The number of hydrogen-bond donors (Lipinski definition) is 1. The second kappa shape index (κ2) is 5.25. The molecule has 2 heteroatoms. The van der Waals surface area contributed by atoms with Crippen LogP contribution in [0.15, 0.2) is 30.5 Å². The van der Waals surface area contributed by atoms with Crippen molar-refractivity contribution in [3.8, 4) is 0 Å². The highest BCUT2D eigenvalue weighted by Crippen LogP contribution is 2.29. The van der Waals surface area contributed by atoms with Crippen molar-refractivity contribution in [2.24, 2.45) is 5.92 Å². The highest BCUT2D eigenvalue weighted by atomic mass is 15.0. The van der Waals surface area contributed by atoms with Gasteiger partial charge in [0.05, 0.1) is 5.52 Å². The summed E-state index contributed by atoms with van der Waals surface area (Å²) >= 11 is 0. The first-order valence-corrected chi connectivity index (χ1v) is 8.20. The van der Waals surface area contributed by atoms with E-state index in [0.29, 0.717) is 0 Å². The van der Waals surface area contributed by atoms with Crippen LogP contribution in [0.2, 0.25) is 0 Å². The summed E-state index contributed by atoms with van der Waals surface area (Å²) < 4.78 is 2.51. The normalized spacial score (nSPS) is 20.0. The molecule has 1 heterocycles. The molecule has 0 atom stereocenters. The van der Waals surface area contributed by atoms with E-state index in [4.69, 9.17) is 0 Å². The molecule has 0 saturated heterocycles. The van der Waals surface area contributed by atoms with Gasteiger partial charge in [-0.1, -0.05) is 31.0 Å². The second-order valence-electron chi connectivity index (χ2n) is 6.63. The largest absolute Gasteiger partial charge is 0.347 e. The fourth-order valence-electron chi connectivity index (χ4n) is 3.65. The molecule has 1 aromatic carbocycles. The van der Waals surface area contributed by atoms with E-state index in [-0.39, 0.29) is 0 Å². The van der Waals surface area contributed by atoms with Gasteiger partial charge in [-0.3, -0.25) is 0 Å². The Hall–Kier alpha value is -1.28. The van der Waals surface area contributed by atoms with Gasteiger partial charge in [0.1, 0.15) is 0 Å². The molecule has 20 heavy (non-hydrogen) atoms. The number of hydrogen-bond acceptors (Lipinski definition) is 1. The fourth-order valence-corrected chi connectivity index (χ4v) is 3.65. The zero-order valence-corrected chi connectivity index (χ0v) is 12.1. The van der Waals surface area contributed by atoms with Crippen molar-refractivity contribution in [2.45, 2.75) is 57.7 Å². The Kier molecular flexibility index (Phi) is 3.27. The molecule has 1 aromatic heterocycles. The molecule has 2 nitrogen and oxygen atoms in total. The van der Waals surface area contributed by atoms with Crippen LogP contribution in [0, 0.1) is 5.92 Å². The van der Waals surface area contributed by atoms with Crippen molar-refractivity contribution in [3.63, 3.8) is 0 Å². The lowest BCUT2D eigenvalue weighted by molar-refractivity contribution is 0.465. The molecular formula is C18H24N2. The zero-order chi connectivity index (χ0) is 13.4. The second-order valence-corrected chi connectivity index (χ2v) is 6.63. The summed E-state index contributed by atoms with van der Waals surface area (Å²) in [6, 6.07) is 9.81. The van der Waals surface area contributed by atoms with E-state index in [1.165, 1.54) is 61.5 Å². The molecule has 0 unspecified atom stereocenters. The number of aromatic nitrogens is 1. The summed E-state index contributed by atoms with van der Waals surface area (Å²) in [7, 11) is 0. The summed E-state index contributed by atoms with van der Waals surface area (Å²) in [5.74, 6) is 0.898. The number of para-hydroxylation sites is 1. The minimum atomic E-state index is 0.781. The zero-order valence-electron chi connectivity index (χ0n) is 12.1. The smallest absolute Gasteiger partial charge is 0.0525 e. The molecule has 2 fully saturated rings. The molecule has 0 spiro atoms. The van der Waals surface area contributed by atoms with Crippen molar-refractivity contribution in [1.29, 1.82) is 0 Å². The summed E-state index contributed by atoms with van der Waals surface area (Å²) in [5, 5.41) is 5.06. The van der Waals surface area contributed by atoms with E-state index >= 15 is 0 Å². The Morgan fingerprint density at radius 2 is 1.90 bits per heavy atom. The van der Waals surface area contributed by atoms with Crippen LogP contribution in [0.1, 0.15) is 44.1 Å². The average Bonchev–Trinajstić information content (AvgIpc) is 2.98. The summed E-state index contributed by atoms with van der Waals surface area (Å²) in [5.41, 5.74) is 2.94. The molecule has 2 aromatic rings. The van der Waals surface area contributed by atoms with Crippen molar-refractivity contribution in [1.82, 2.24) is 9.88 Å². The third-order valence-corrected chi connectivity index (χ3v) is 4.96. The maximum Gasteiger partial charge on any atom is 0.0525 e. The highest BCUT2D eigenvalue weighted by molar-refractivity contribution is 5.83. The summed E-state index contributed by atoms with van der Waals surface area (Å²) in [4.78, 5) is 0. The van der Waals surface area contributed by atoms with E-state index in [2.05, 4.69) is 40.3 Å². The summed E-state index contributed by atoms with van der Waals surface area (Å²) in [6.07, 6.45) is 10.7. The van der Waals surface area contributed by atoms with Crippen LogP contribution >= 0.6 is 0 Å². The minimum Gasteiger partial charge on any atom is -0.347 e. The van der Waals surface area contributed by atoms with Crippen molar-refractivity contribution < 1.29 is 0 Å². The number of nitrogens with one attached hydrogen (secondary N) is 1. The molecule has 106 valence electrons. The van der Waals surface area contributed by atoms with Crippen molar-refractivity contribution in [3.05, 3.63) is 36.0 Å². The van der Waals surface area contributed by atoms with Gasteiger partial charge in [0, 0.05) is 25.3 Å². The molecule has 0 radical (unpaired) electrons. The van der Waals surface area contributed by atoms with E-state index in [0.717, 1.165) is 18.5 Å². The fraction of sp³-hybridized carbons (Fsp3) is 0.556. The van der Waals surface area contributed by atoms with Crippen LogP contribution < -0.4 is 5.32 Å². The van der Waals surface area contributed by atoms with Crippen molar-refractivity contribution >= 4 is 10.9 Å². The molecule has 0 aliphatic heterocycles. The van der Waals surface area contributed by atoms with E-state index in [9.17, 15) is 0 Å². The van der Waals surface area contributed by atoms with Gasteiger partial charge in [-0.2, -0.15) is 0 Å². The van der Waals surface area contributed by atoms with Crippen LogP contribution in [-0.4, -0.2) is 10.6 Å². The maximum absolute atomic E-state index is 3.66. The SMILES string of the molecule is c1cc(CNC2CC2)c2c(c1)ccn2CC1CCCC1. The summed E-state index contributed by atoms with van der Waals surface area (Å²) in [6.45, 7) is 2.24. The van der Waals surface area contributed by atoms with Gasteiger partial charge in [-0.25, -0.2) is 0 Å². The number of rotatable bonds is 5. The van der Waals surface area contributed by atoms with Crippen LogP contribution in [0.5, 0.6) is 0 Å². The molecule has 1 N–H and O–H groups in total. The van der Waals surface area contributed by atoms with Gasteiger partial charge in [0.15, 0.2) is 0 Å². The minimum absolute atomic E-state index is 0.781. The quantitative estimate of drug-likeness (QED) is 0.864. The highest BCUT2D eigenvalue weighted by Gasteiger charge is 2.21. The number of benzene rings is 1. The lowest BCUT2D eigenvalue weighted by atomic mass is 10.1. The van der Waals surface area contributed by atoms with Crippen LogP contribution in [-0.2, 0) is 13.1 Å². The Bertz CT molecular complexity index is 588. The standard InChI is InChI=1S/C18H24N2/c1-2-5-14(4-1)13-20-11-10-15-6-3-7-16(18(15)20)12-19-17-8-9-17/h3,6-7,10-11,14,17,19H,1-2,4-5,8-9,12-13H2. The first-order chi connectivity index (χ1) is 9.90. The van der Waals surface area contributed by atoms with Crippen molar-refractivity contribution in [2.75, 3.05) is 0 Å². The Morgan fingerprint density at radius 1 is 1.05 bits per heavy atom. The van der Waals surface area contributed by atoms with Gasteiger partial charge in [-0.05, 0) is 48.6 Å². The Labute approximate surface area is 121 Å². The van der Waals surface area contributed by atoms with Gasteiger partial charge >= 0.3 is 0 Å². The monoisotopic (exact) mass is 268 g/mol. The van der Waals surface area contributed by atoms with Crippen LogP contribution in [0.4, 0.5) is 0 Å². The average molecular weight is 268 g/mol. The van der Waals surface area contributed by atoms with Gasteiger partial charge in [-0.15, -0.1) is 0 Å². The van der Waals surface area contributed by atoms with Gasteiger partial charge in [0.25, 0.3) is 0 Å². The first-order valence-electron chi connectivity index (χ1n) is 8.20. The van der Waals surface area contributed by atoms with E-state index in [1.807, 2.05) is 0 Å².